The van der Waals surface area contributed by atoms with Gasteiger partial charge in [0, 0.05) is 11.3 Å². The Morgan fingerprint density at radius 2 is 1.55 bits per heavy atom. The van der Waals surface area contributed by atoms with Gasteiger partial charge in [0.05, 0.1) is 4.90 Å². The number of hydrogen-bond donors (Lipinski definition) is 2. The Bertz CT molecular complexity index is 697. The standard InChI is InChI=1S/C13H12N3O3S/c14-15-13(17)10-6-8-11(9-7-10)16-20(18,19)12-4-2-1-3-5-12/h1-9,14,16H,(H,15,17). The van der Waals surface area contributed by atoms with Crippen molar-refractivity contribution in [3.05, 3.63) is 60.2 Å². The molecule has 0 aliphatic carbocycles. The first kappa shape index (κ1) is 14.0. The average molecular weight is 290 g/mol. The van der Waals surface area contributed by atoms with Gasteiger partial charge < -0.3 is 0 Å². The second-order valence-electron chi connectivity index (χ2n) is 3.95. The lowest BCUT2D eigenvalue weighted by molar-refractivity contribution is 0.0950. The molecule has 2 aromatic carbocycles. The van der Waals surface area contributed by atoms with E-state index in [1.807, 2.05) is 0 Å². The first-order chi connectivity index (χ1) is 9.53. The number of anilines is 1. The molecule has 7 heteroatoms. The van der Waals surface area contributed by atoms with Crippen molar-refractivity contribution in [1.29, 1.82) is 0 Å². The lowest BCUT2D eigenvalue weighted by atomic mass is 10.2. The van der Waals surface area contributed by atoms with Crippen LogP contribution in [0, 0.1) is 0 Å². The van der Waals surface area contributed by atoms with Gasteiger partial charge in [0.2, 0.25) is 0 Å². The number of nitrogens with one attached hydrogen (secondary N) is 3. The fourth-order valence-electron chi connectivity index (χ4n) is 1.58. The second kappa shape index (κ2) is 5.72. The molecule has 0 saturated heterocycles. The third kappa shape index (κ3) is 3.14. The van der Waals surface area contributed by atoms with Crippen molar-refractivity contribution in [2.75, 3.05) is 4.72 Å². The minimum absolute atomic E-state index is 0.160. The van der Waals surface area contributed by atoms with E-state index >= 15 is 0 Å². The summed E-state index contributed by atoms with van der Waals surface area (Å²) in [6, 6.07) is 13.8. The highest BCUT2D eigenvalue weighted by Crippen LogP contribution is 2.16. The molecule has 3 N–H and O–H groups in total. The molecule has 0 atom stereocenters. The number of carbonyl (C=O) groups excluding carboxylic acids is 1. The molecule has 1 radical (unpaired) electrons. The van der Waals surface area contributed by atoms with Crippen molar-refractivity contribution >= 4 is 21.6 Å². The van der Waals surface area contributed by atoms with Gasteiger partial charge in [0.25, 0.3) is 15.9 Å². The zero-order valence-electron chi connectivity index (χ0n) is 10.3. The molecule has 0 aliphatic heterocycles. The van der Waals surface area contributed by atoms with Gasteiger partial charge in [-0.3, -0.25) is 14.9 Å². The van der Waals surface area contributed by atoms with Crippen LogP contribution < -0.4 is 16.0 Å². The number of rotatable bonds is 4. The van der Waals surface area contributed by atoms with E-state index in [4.69, 9.17) is 5.84 Å². The van der Waals surface area contributed by atoms with Crippen LogP contribution in [0.3, 0.4) is 0 Å². The molecule has 0 saturated carbocycles. The number of sulfonamides is 1. The average Bonchev–Trinajstić information content (AvgIpc) is 2.48. The highest BCUT2D eigenvalue weighted by molar-refractivity contribution is 7.92. The van der Waals surface area contributed by atoms with Crippen molar-refractivity contribution in [2.24, 2.45) is 0 Å². The maximum Gasteiger partial charge on any atom is 0.266 e. The van der Waals surface area contributed by atoms with Crippen LogP contribution in [0.2, 0.25) is 0 Å². The maximum atomic E-state index is 12.1. The SMILES string of the molecule is [NH]NC(=O)c1ccc(NS(=O)(=O)c2ccccc2)cc1. The van der Waals surface area contributed by atoms with Crippen LogP contribution in [0.1, 0.15) is 10.4 Å². The Balaban J connectivity index is 2.20. The van der Waals surface area contributed by atoms with Crippen molar-refractivity contribution in [2.45, 2.75) is 4.90 Å². The van der Waals surface area contributed by atoms with Crippen LogP contribution in [0.5, 0.6) is 0 Å². The van der Waals surface area contributed by atoms with Crippen LogP contribution in [-0.2, 0) is 10.0 Å². The fraction of sp³-hybridized carbons (Fsp3) is 0. The molecule has 6 nitrogen and oxygen atoms in total. The van der Waals surface area contributed by atoms with Gasteiger partial charge in [-0.15, -0.1) is 0 Å². The zero-order chi connectivity index (χ0) is 14.6. The quantitative estimate of drug-likeness (QED) is 0.833. The van der Waals surface area contributed by atoms with E-state index in [9.17, 15) is 13.2 Å². The summed E-state index contributed by atoms with van der Waals surface area (Å²) in [7, 11) is -3.64. The largest absolute Gasteiger partial charge is 0.280 e. The van der Waals surface area contributed by atoms with E-state index in [0.29, 0.717) is 5.69 Å². The summed E-state index contributed by atoms with van der Waals surface area (Å²) < 4.78 is 26.5. The molecular weight excluding hydrogens is 278 g/mol. The monoisotopic (exact) mass is 290 g/mol. The third-order valence-corrected chi connectivity index (χ3v) is 3.96. The van der Waals surface area contributed by atoms with E-state index < -0.39 is 15.9 Å². The summed E-state index contributed by atoms with van der Waals surface area (Å²) in [4.78, 5) is 11.4. The molecule has 0 aliphatic rings. The molecule has 1 amide bonds. The molecule has 20 heavy (non-hydrogen) atoms. The van der Waals surface area contributed by atoms with Crippen LogP contribution in [0.4, 0.5) is 5.69 Å². The molecule has 2 aromatic rings. The molecule has 103 valence electrons. The predicted octanol–water partition coefficient (Wildman–Crippen LogP) is 1.42. The summed E-state index contributed by atoms with van der Waals surface area (Å²) in [5.74, 6) is 6.19. The number of hydrogen-bond acceptors (Lipinski definition) is 3. The molecule has 0 fully saturated rings. The lowest BCUT2D eigenvalue weighted by Crippen LogP contribution is -2.20. The van der Waals surface area contributed by atoms with Crippen LogP contribution >= 0.6 is 0 Å². The van der Waals surface area contributed by atoms with Crippen molar-refractivity contribution in [3.63, 3.8) is 0 Å². The first-order valence-electron chi connectivity index (χ1n) is 5.68. The summed E-state index contributed by atoms with van der Waals surface area (Å²) in [5, 5.41) is 0. The van der Waals surface area contributed by atoms with E-state index in [2.05, 4.69) is 4.72 Å². The summed E-state index contributed by atoms with van der Waals surface area (Å²) in [5.41, 5.74) is 2.37. The van der Waals surface area contributed by atoms with Crippen molar-refractivity contribution in [3.8, 4) is 0 Å². The van der Waals surface area contributed by atoms with Gasteiger partial charge in [-0.1, -0.05) is 18.2 Å². The second-order valence-corrected chi connectivity index (χ2v) is 5.63. The molecule has 0 bridgehead atoms. The Kier molecular flexibility index (Phi) is 4.02. The molecule has 2 rings (SSSR count). The Morgan fingerprint density at radius 1 is 0.950 bits per heavy atom. The smallest absolute Gasteiger partial charge is 0.266 e. The Hall–Kier alpha value is -2.38. The Labute approximate surface area is 116 Å². The Morgan fingerprint density at radius 3 is 2.10 bits per heavy atom. The summed E-state index contributed by atoms with van der Waals surface area (Å²) >= 11 is 0. The molecule has 0 aromatic heterocycles. The van der Waals surface area contributed by atoms with Gasteiger partial charge in [-0.2, -0.15) is 5.84 Å². The van der Waals surface area contributed by atoms with E-state index in [0.717, 1.165) is 0 Å². The summed E-state index contributed by atoms with van der Waals surface area (Å²) in [6.45, 7) is 0. The lowest BCUT2D eigenvalue weighted by Gasteiger charge is -2.08. The van der Waals surface area contributed by atoms with Crippen LogP contribution in [0.25, 0.3) is 0 Å². The van der Waals surface area contributed by atoms with Gasteiger partial charge in [-0.25, -0.2) is 8.42 Å². The minimum atomic E-state index is -3.64. The van der Waals surface area contributed by atoms with Gasteiger partial charge >= 0.3 is 0 Å². The van der Waals surface area contributed by atoms with Crippen LogP contribution in [-0.4, -0.2) is 14.3 Å². The number of amides is 1. The predicted molar refractivity (Wildman–Crippen MR) is 74.3 cm³/mol. The number of carbonyl (C=O) groups is 1. The minimum Gasteiger partial charge on any atom is -0.280 e. The maximum absolute atomic E-state index is 12.1. The normalized spacial score (nSPS) is 10.8. The van der Waals surface area contributed by atoms with Crippen LogP contribution in [0.15, 0.2) is 59.5 Å². The molecule has 0 unspecified atom stereocenters. The van der Waals surface area contributed by atoms with Gasteiger partial charge in [0.1, 0.15) is 0 Å². The number of benzene rings is 2. The first-order valence-corrected chi connectivity index (χ1v) is 7.16. The van der Waals surface area contributed by atoms with E-state index in [1.165, 1.54) is 36.4 Å². The highest BCUT2D eigenvalue weighted by atomic mass is 32.2. The van der Waals surface area contributed by atoms with Crippen molar-refractivity contribution in [1.82, 2.24) is 11.3 Å². The van der Waals surface area contributed by atoms with E-state index in [1.54, 1.807) is 23.6 Å². The third-order valence-electron chi connectivity index (χ3n) is 2.57. The van der Waals surface area contributed by atoms with Gasteiger partial charge in [0.15, 0.2) is 0 Å². The molecular formula is C13H12N3O3S. The molecule has 0 spiro atoms. The topological polar surface area (TPSA) is 99.1 Å². The molecule has 0 heterocycles. The summed E-state index contributed by atoms with van der Waals surface area (Å²) in [6.07, 6.45) is 0. The van der Waals surface area contributed by atoms with Gasteiger partial charge in [-0.05, 0) is 36.4 Å². The fourth-order valence-corrected chi connectivity index (χ4v) is 2.66. The van der Waals surface area contributed by atoms with E-state index in [-0.39, 0.29) is 10.5 Å². The van der Waals surface area contributed by atoms with Crippen molar-refractivity contribution < 1.29 is 13.2 Å². The highest BCUT2D eigenvalue weighted by Gasteiger charge is 2.13. The zero-order valence-corrected chi connectivity index (χ0v) is 11.1.